The SMILES string of the molecule is C[C@@H](CCCOC(=O)N(C)[C@@H]1CN(C(=O)C2CCN(c3ccc(C#N)cn3)CC2)C[C@H]1c1ccc(Cl)cc1)CCC(F)(F)F. The van der Waals surface area contributed by atoms with Gasteiger partial charge in [-0.25, -0.2) is 9.78 Å². The fourth-order valence-electron chi connectivity index (χ4n) is 6.03. The topological polar surface area (TPSA) is 89.8 Å². The summed E-state index contributed by atoms with van der Waals surface area (Å²) >= 11 is 6.13. The molecule has 3 heterocycles. The number of hydrogen-bond donors (Lipinski definition) is 0. The Morgan fingerprint density at radius 1 is 1.14 bits per heavy atom. The summed E-state index contributed by atoms with van der Waals surface area (Å²) in [6.07, 6.45) is -1.54. The molecule has 0 spiro atoms. The van der Waals surface area contributed by atoms with E-state index in [1.54, 1.807) is 43.3 Å². The van der Waals surface area contributed by atoms with Crippen LogP contribution in [0.2, 0.25) is 5.02 Å². The lowest BCUT2D eigenvalue weighted by atomic mass is 9.93. The summed E-state index contributed by atoms with van der Waals surface area (Å²) in [5.74, 6) is 0.442. The molecule has 2 aliphatic heterocycles. The number of piperidine rings is 1. The van der Waals surface area contributed by atoms with Crippen LogP contribution in [0.1, 0.15) is 62.5 Å². The number of ether oxygens (including phenoxy) is 1. The Morgan fingerprint density at radius 2 is 1.84 bits per heavy atom. The first-order chi connectivity index (χ1) is 20.9. The third-order valence-corrected chi connectivity index (χ3v) is 8.97. The number of likely N-dealkylation sites (tertiary alicyclic amines) is 1. The molecule has 0 unspecified atom stereocenters. The first-order valence-corrected chi connectivity index (χ1v) is 15.4. The van der Waals surface area contributed by atoms with Gasteiger partial charge in [0.05, 0.1) is 18.2 Å². The van der Waals surface area contributed by atoms with Gasteiger partial charge in [0, 0.05) is 62.7 Å². The van der Waals surface area contributed by atoms with Crippen LogP contribution >= 0.6 is 11.6 Å². The van der Waals surface area contributed by atoms with Crippen LogP contribution in [0.3, 0.4) is 0 Å². The number of anilines is 1. The zero-order valence-corrected chi connectivity index (χ0v) is 25.9. The standard InChI is InChI=1S/C32H39ClF3N5O3/c1-22(11-14-32(34,35)36)4-3-17-44-31(43)39(2)28-21-41(20-27(28)24-6-8-26(33)9-7-24)30(42)25-12-15-40(16-13-25)29-10-5-23(18-37)19-38-29/h5-10,19,22,25,27-28H,3-4,11-17,20-21H2,1-2H3/t22-,27-,28+/m0/s1. The van der Waals surface area contributed by atoms with Crippen molar-refractivity contribution in [2.45, 2.75) is 63.6 Å². The maximum absolute atomic E-state index is 13.7. The lowest BCUT2D eigenvalue weighted by Gasteiger charge is -2.34. The lowest BCUT2D eigenvalue weighted by molar-refractivity contribution is -0.137. The Labute approximate surface area is 261 Å². The van der Waals surface area contributed by atoms with Crippen LogP contribution in [0.4, 0.5) is 23.8 Å². The molecular weight excluding hydrogens is 595 g/mol. The molecule has 12 heteroatoms. The molecule has 2 aromatic rings. The lowest BCUT2D eigenvalue weighted by Crippen LogP contribution is -2.44. The van der Waals surface area contributed by atoms with Gasteiger partial charge < -0.3 is 19.4 Å². The molecule has 0 radical (unpaired) electrons. The first kappa shape index (κ1) is 33.4. The number of carbonyl (C=O) groups is 2. The third-order valence-electron chi connectivity index (χ3n) is 8.72. The summed E-state index contributed by atoms with van der Waals surface area (Å²) in [4.78, 5) is 36.6. The molecule has 0 saturated carbocycles. The van der Waals surface area contributed by atoms with Crippen molar-refractivity contribution in [2.75, 3.05) is 44.7 Å². The Hall–Kier alpha value is -3.52. The van der Waals surface area contributed by atoms with E-state index >= 15 is 0 Å². The molecule has 2 aliphatic rings. The van der Waals surface area contributed by atoms with E-state index < -0.39 is 18.7 Å². The van der Waals surface area contributed by atoms with Gasteiger partial charge in [-0.15, -0.1) is 0 Å². The molecule has 1 aromatic heterocycles. The highest BCUT2D eigenvalue weighted by Crippen LogP contribution is 2.34. The Balaban J connectivity index is 1.34. The fraction of sp³-hybridized carbons (Fsp3) is 0.562. The van der Waals surface area contributed by atoms with E-state index in [1.165, 1.54) is 0 Å². The van der Waals surface area contributed by atoms with Crippen molar-refractivity contribution in [1.82, 2.24) is 14.8 Å². The number of likely N-dealkylation sites (N-methyl/N-ethyl adjacent to an activating group) is 1. The van der Waals surface area contributed by atoms with Gasteiger partial charge in [-0.1, -0.05) is 30.7 Å². The quantitative estimate of drug-likeness (QED) is 0.272. The van der Waals surface area contributed by atoms with E-state index in [2.05, 4.69) is 16.0 Å². The van der Waals surface area contributed by atoms with Gasteiger partial charge in [-0.3, -0.25) is 4.79 Å². The maximum Gasteiger partial charge on any atom is 0.409 e. The molecule has 0 aliphatic carbocycles. The van der Waals surface area contributed by atoms with Crippen molar-refractivity contribution < 1.29 is 27.5 Å². The van der Waals surface area contributed by atoms with Crippen LogP contribution in [-0.4, -0.2) is 78.8 Å². The number of nitriles is 1. The van der Waals surface area contributed by atoms with Crippen LogP contribution in [0.5, 0.6) is 0 Å². The second-order valence-corrected chi connectivity index (χ2v) is 12.3. The van der Waals surface area contributed by atoms with Crippen molar-refractivity contribution in [2.24, 2.45) is 11.8 Å². The Morgan fingerprint density at radius 3 is 2.45 bits per heavy atom. The molecule has 0 N–H and O–H groups in total. The summed E-state index contributed by atoms with van der Waals surface area (Å²) < 4.78 is 43.0. The van der Waals surface area contributed by atoms with E-state index in [0.717, 1.165) is 11.4 Å². The minimum atomic E-state index is -4.17. The molecule has 44 heavy (non-hydrogen) atoms. The molecule has 238 valence electrons. The van der Waals surface area contributed by atoms with Crippen molar-refractivity contribution in [3.05, 3.63) is 58.7 Å². The van der Waals surface area contributed by atoms with Gasteiger partial charge in [0.25, 0.3) is 0 Å². The largest absolute Gasteiger partial charge is 0.449 e. The van der Waals surface area contributed by atoms with E-state index in [1.807, 2.05) is 23.1 Å². The maximum atomic E-state index is 13.7. The fourth-order valence-corrected chi connectivity index (χ4v) is 6.16. The van der Waals surface area contributed by atoms with Gasteiger partial charge in [0.1, 0.15) is 11.9 Å². The monoisotopic (exact) mass is 633 g/mol. The number of amides is 2. The average molecular weight is 634 g/mol. The van der Waals surface area contributed by atoms with Gasteiger partial charge in [-0.2, -0.15) is 18.4 Å². The number of alkyl halides is 3. The summed E-state index contributed by atoms with van der Waals surface area (Å²) in [7, 11) is 1.67. The van der Waals surface area contributed by atoms with Gasteiger partial charge in [0.15, 0.2) is 0 Å². The molecule has 1 aromatic carbocycles. The van der Waals surface area contributed by atoms with Crippen LogP contribution < -0.4 is 4.90 Å². The molecule has 2 fully saturated rings. The number of carbonyl (C=O) groups excluding carboxylic acids is 2. The number of nitrogens with zero attached hydrogens (tertiary/aromatic N) is 5. The summed E-state index contributed by atoms with van der Waals surface area (Å²) in [6.45, 7) is 4.06. The van der Waals surface area contributed by atoms with Crippen molar-refractivity contribution in [1.29, 1.82) is 5.26 Å². The van der Waals surface area contributed by atoms with E-state index in [0.29, 0.717) is 62.4 Å². The van der Waals surface area contributed by atoms with Crippen LogP contribution in [0.25, 0.3) is 0 Å². The molecule has 4 rings (SSSR count). The molecule has 0 bridgehead atoms. The van der Waals surface area contributed by atoms with Crippen LogP contribution in [0, 0.1) is 23.2 Å². The first-order valence-electron chi connectivity index (χ1n) is 15.1. The van der Waals surface area contributed by atoms with Crippen molar-refractivity contribution in [3.8, 4) is 6.07 Å². The van der Waals surface area contributed by atoms with Gasteiger partial charge in [0.2, 0.25) is 5.91 Å². The minimum absolute atomic E-state index is 0.0530. The van der Waals surface area contributed by atoms with E-state index in [9.17, 15) is 22.8 Å². The molecule has 3 atom stereocenters. The summed E-state index contributed by atoms with van der Waals surface area (Å²) in [6, 6.07) is 12.7. The summed E-state index contributed by atoms with van der Waals surface area (Å²) in [5, 5.41) is 9.61. The third kappa shape index (κ3) is 9.00. The number of benzene rings is 1. The predicted octanol–water partition coefficient (Wildman–Crippen LogP) is 6.64. The molecule has 2 saturated heterocycles. The van der Waals surface area contributed by atoms with Crippen LogP contribution in [-0.2, 0) is 9.53 Å². The van der Waals surface area contributed by atoms with Gasteiger partial charge >= 0.3 is 12.3 Å². The number of rotatable bonds is 10. The normalized spacial score (nSPS) is 19.8. The zero-order valence-electron chi connectivity index (χ0n) is 25.1. The van der Waals surface area contributed by atoms with E-state index in [-0.39, 0.29) is 42.7 Å². The Bertz CT molecular complexity index is 1290. The zero-order chi connectivity index (χ0) is 31.9. The van der Waals surface area contributed by atoms with Gasteiger partial charge in [-0.05, 0) is 67.9 Å². The molecule has 8 nitrogen and oxygen atoms in total. The molecule has 2 amide bonds. The second kappa shape index (κ2) is 15.0. The predicted molar refractivity (Wildman–Crippen MR) is 161 cm³/mol. The number of pyridine rings is 1. The highest BCUT2D eigenvalue weighted by Gasteiger charge is 2.42. The smallest absolute Gasteiger partial charge is 0.409 e. The number of halogens is 4. The number of hydrogen-bond acceptors (Lipinski definition) is 6. The Kier molecular flexibility index (Phi) is 11.4. The minimum Gasteiger partial charge on any atom is -0.449 e. The average Bonchev–Trinajstić information content (AvgIpc) is 3.47. The second-order valence-electron chi connectivity index (χ2n) is 11.9. The van der Waals surface area contributed by atoms with Crippen molar-refractivity contribution in [3.63, 3.8) is 0 Å². The summed E-state index contributed by atoms with van der Waals surface area (Å²) in [5.41, 5.74) is 1.47. The highest BCUT2D eigenvalue weighted by atomic mass is 35.5. The molecular formula is C32H39ClF3N5O3. The van der Waals surface area contributed by atoms with E-state index in [4.69, 9.17) is 21.6 Å². The number of aromatic nitrogens is 1. The highest BCUT2D eigenvalue weighted by molar-refractivity contribution is 6.30. The van der Waals surface area contributed by atoms with Crippen molar-refractivity contribution >= 4 is 29.4 Å². The van der Waals surface area contributed by atoms with Crippen LogP contribution in [0.15, 0.2) is 42.6 Å².